The molecule has 52 heavy (non-hydrogen) atoms. The van der Waals surface area contributed by atoms with Crippen molar-refractivity contribution in [1.29, 1.82) is 0 Å². The van der Waals surface area contributed by atoms with Crippen LogP contribution in [0.3, 0.4) is 0 Å². The van der Waals surface area contributed by atoms with Crippen LogP contribution in [0.5, 0.6) is 0 Å². The monoisotopic (exact) mass is 762 g/mol. The fourth-order valence-electron chi connectivity index (χ4n) is 6.28. The van der Waals surface area contributed by atoms with E-state index in [2.05, 4.69) is 9.97 Å². The number of hydrogen-bond acceptors (Lipinski definition) is 10. The van der Waals surface area contributed by atoms with E-state index in [0.29, 0.717) is 55.1 Å². The molecule has 7 aromatic rings. The second-order valence-corrected chi connectivity index (χ2v) is 13.1. The fourth-order valence-corrected chi connectivity index (χ4v) is 6.75. The molecule has 5 heterocycles. The van der Waals surface area contributed by atoms with Gasteiger partial charge in [0.05, 0.1) is 0 Å². The van der Waals surface area contributed by atoms with Crippen LogP contribution in [0, 0.1) is 0 Å². The van der Waals surface area contributed by atoms with E-state index in [4.69, 9.17) is 76.3 Å². The predicted molar refractivity (Wildman–Crippen MR) is 197 cm³/mol. The van der Waals surface area contributed by atoms with Gasteiger partial charge in [-0.05, 0) is 119 Å². The zero-order valence-electron chi connectivity index (χ0n) is 25.8. The van der Waals surface area contributed by atoms with E-state index in [1.165, 1.54) is 0 Å². The quantitative estimate of drug-likeness (QED) is 0.166. The normalized spacial score (nSPS) is 11.8. The molecule has 12 nitrogen and oxygen atoms in total. The van der Waals surface area contributed by atoms with Gasteiger partial charge in [0.1, 0.15) is 22.6 Å². The summed E-state index contributed by atoms with van der Waals surface area (Å²) in [5.74, 6) is 0.851. The molecule has 4 aromatic carbocycles. The molecule has 0 radical (unpaired) electrons. The van der Waals surface area contributed by atoms with Crippen molar-refractivity contribution in [3.8, 4) is 45.6 Å². The van der Waals surface area contributed by atoms with Crippen molar-refractivity contribution < 1.29 is 19.2 Å². The third kappa shape index (κ3) is 5.15. The van der Waals surface area contributed by atoms with E-state index in [1.54, 1.807) is 72.8 Å². The minimum atomic E-state index is -0.685. The van der Waals surface area contributed by atoms with Crippen molar-refractivity contribution in [2.75, 3.05) is 0 Å². The zero-order chi connectivity index (χ0) is 36.0. The first-order valence-corrected chi connectivity index (χ1v) is 16.7. The fraction of sp³-hybridized carbons (Fsp3) is 0. The van der Waals surface area contributed by atoms with Gasteiger partial charge in [0.25, 0.3) is 21.0 Å². The lowest BCUT2D eigenvalue weighted by Gasteiger charge is -2.00. The van der Waals surface area contributed by atoms with Crippen molar-refractivity contribution in [3.05, 3.63) is 95.1 Å². The topological polar surface area (TPSA) is 177 Å². The van der Waals surface area contributed by atoms with Gasteiger partial charge in [-0.25, -0.2) is 29.9 Å². The highest BCUT2D eigenvalue weighted by Gasteiger charge is 2.24. The minimum Gasteiger partial charge on any atom is -0.324 e. The van der Waals surface area contributed by atoms with Gasteiger partial charge in [-0.2, -0.15) is 0 Å². The van der Waals surface area contributed by atoms with Crippen molar-refractivity contribution in [2.45, 2.75) is 0 Å². The van der Waals surface area contributed by atoms with E-state index in [9.17, 15) is 19.2 Å². The third-order valence-corrected chi connectivity index (χ3v) is 9.61. The molecule has 3 aromatic heterocycles. The average molecular weight is 764 g/mol. The summed E-state index contributed by atoms with van der Waals surface area (Å²) in [4.78, 5) is 84.4. The van der Waals surface area contributed by atoms with Crippen LogP contribution < -0.4 is 0 Å². The van der Waals surface area contributed by atoms with Crippen LogP contribution >= 0.6 is 46.4 Å². The molecule has 0 atom stereocenters. The number of rotatable bonds is 4. The average Bonchev–Trinajstić information content (AvgIpc) is 3.85. The number of halogens is 4. The lowest BCUT2D eigenvalue weighted by molar-refractivity contribution is 0.107. The molecule has 16 heteroatoms. The number of H-pyrrole nitrogens is 2. The van der Waals surface area contributed by atoms with Crippen molar-refractivity contribution in [2.24, 2.45) is 0 Å². The molecular weight excluding hydrogens is 750 g/mol. The van der Waals surface area contributed by atoms with Crippen molar-refractivity contribution >= 4 is 112 Å². The van der Waals surface area contributed by atoms with Crippen LogP contribution in [-0.4, -0.2) is 60.8 Å². The summed E-state index contributed by atoms with van der Waals surface area (Å²) in [6, 6.07) is 19.2. The minimum absolute atomic E-state index is 0.166. The largest absolute Gasteiger partial charge is 0.324 e. The number of nitrogens with zero attached hydrogens (tertiary/aromatic N) is 6. The molecule has 0 saturated heterocycles. The summed E-state index contributed by atoms with van der Waals surface area (Å²) in [6.45, 7) is 0. The van der Waals surface area contributed by atoms with E-state index in [1.807, 2.05) is 0 Å². The SMILES string of the molecule is O=C(Cl)c1ccc2c(c1)-c1nc-2nc2[nH]c(nc3nc(nc4[nH]c(n1)c1ccc(C(=O)Cl)cc41)-c1cc(C(=O)Cl)ccc1-3)c1cc(C(=O)Cl)ccc21. The van der Waals surface area contributed by atoms with Crippen LogP contribution in [0.4, 0.5) is 0 Å². The Kier molecular flexibility index (Phi) is 7.28. The molecular formula is C36H14Cl4N8O4. The summed E-state index contributed by atoms with van der Waals surface area (Å²) >= 11 is 23.5. The Hall–Kier alpha value is -5.92. The molecule has 2 N–H and O–H groups in total. The van der Waals surface area contributed by atoms with Gasteiger partial charge in [0.2, 0.25) is 0 Å². The molecule has 0 saturated carbocycles. The van der Waals surface area contributed by atoms with Crippen molar-refractivity contribution in [3.63, 3.8) is 0 Å². The lowest BCUT2D eigenvalue weighted by atomic mass is 10.1. The van der Waals surface area contributed by atoms with Crippen LogP contribution in [0.2, 0.25) is 0 Å². The zero-order valence-corrected chi connectivity index (χ0v) is 28.8. The van der Waals surface area contributed by atoms with E-state index >= 15 is 0 Å². The van der Waals surface area contributed by atoms with Crippen LogP contribution in [0.25, 0.3) is 89.7 Å². The molecule has 9 rings (SSSR count). The van der Waals surface area contributed by atoms with Gasteiger partial charge in [-0.3, -0.25) is 19.2 Å². The summed E-state index contributed by atoms with van der Waals surface area (Å²) in [5.41, 5.74) is 4.08. The van der Waals surface area contributed by atoms with Crippen molar-refractivity contribution in [1.82, 2.24) is 39.9 Å². The highest BCUT2D eigenvalue weighted by Crippen LogP contribution is 2.38. The van der Waals surface area contributed by atoms with E-state index in [-0.39, 0.29) is 56.8 Å². The maximum absolute atomic E-state index is 12.2. The lowest BCUT2D eigenvalue weighted by Crippen LogP contribution is -1.91. The maximum atomic E-state index is 12.2. The van der Waals surface area contributed by atoms with Gasteiger partial charge >= 0.3 is 0 Å². The Bertz CT molecular complexity index is 3010. The van der Waals surface area contributed by atoms with Crippen LogP contribution in [-0.2, 0) is 0 Å². The Morgan fingerprint density at radius 2 is 0.673 bits per heavy atom. The Labute approximate surface area is 309 Å². The van der Waals surface area contributed by atoms with Gasteiger partial charge in [0, 0.05) is 66.1 Å². The number of carbonyl (C=O) groups excluding carboxylic acids is 4. The van der Waals surface area contributed by atoms with Crippen LogP contribution in [0.1, 0.15) is 41.4 Å². The number of benzene rings is 4. The molecule has 0 fully saturated rings. The number of fused-ring (bicyclic) bond motifs is 20. The number of nitrogens with one attached hydrogen (secondary N) is 2. The summed E-state index contributed by atoms with van der Waals surface area (Å²) in [6.07, 6.45) is 0. The number of hydrogen-bond donors (Lipinski definition) is 2. The highest BCUT2D eigenvalue weighted by atomic mass is 35.5. The van der Waals surface area contributed by atoms with E-state index in [0.717, 1.165) is 0 Å². The van der Waals surface area contributed by atoms with E-state index < -0.39 is 21.0 Å². The number of carbonyl (C=O) groups is 4. The molecule has 0 spiro atoms. The molecule has 250 valence electrons. The standard InChI is InChI=1S/C36H14Cl4N8O4/c37-25(49)13-1-5-17-21(9-13)33-42-29(17)41-30-18-6-2-14(26(38)50)10-22(18)34(43-30)45-32-20-8-4-16(28(40)52)12-24(20)36(47-32)48-35-23-11-15(27(39)51)3-7-19(23)31(44-33)46-35/h1-12H,(H2,41,42,43,44,45,46,47,48). The first-order chi connectivity index (χ1) is 25.0. The Morgan fingerprint density at radius 3 is 1.04 bits per heavy atom. The first-order valence-electron chi connectivity index (χ1n) is 15.2. The van der Waals surface area contributed by atoms with Gasteiger partial charge < -0.3 is 9.97 Å². The number of aromatic nitrogens is 8. The summed E-state index contributed by atoms with van der Waals surface area (Å²) in [5, 5.41) is -0.575. The molecule has 0 unspecified atom stereocenters. The summed E-state index contributed by atoms with van der Waals surface area (Å²) in [7, 11) is 0. The Balaban J connectivity index is 1.48. The molecule has 2 aliphatic heterocycles. The molecule has 0 amide bonds. The second kappa shape index (κ2) is 11.8. The predicted octanol–water partition coefficient (Wildman–Crippen LogP) is 8.39. The van der Waals surface area contributed by atoms with Gasteiger partial charge in [-0.1, -0.05) is 0 Å². The Morgan fingerprint density at radius 1 is 0.365 bits per heavy atom. The molecule has 2 aliphatic rings. The summed E-state index contributed by atoms with van der Waals surface area (Å²) < 4.78 is 0. The van der Waals surface area contributed by atoms with Gasteiger partial charge in [-0.15, -0.1) is 0 Å². The number of aromatic amines is 2. The van der Waals surface area contributed by atoms with Crippen LogP contribution in [0.15, 0.2) is 72.8 Å². The second-order valence-electron chi connectivity index (χ2n) is 11.7. The maximum Gasteiger partial charge on any atom is 0.252 e. The molecule has 8 bridgehead atoms. The smallest absolute Gasteiger partial charge is 0.252 e. The molecule has 0 aliphatic carbocycles. The third-order valence-electron chi connectivity index (χ3n) is 8.74. The van der Waals surface area contributed by atoms with Gasteiger partial charge in [0.15, 0.2) is 23.3 Å². The highest BCUT2D eigenvalue weighted by molar-refractivity contribution is 6.69. The first kappa shape index (κ1) is 32.0.